The van der Waals surface area contributed by atoms with Gasteiger partial charge in [0.25, 0.3) is 0 Å². The first kappa shape index (κ1) is 14.4. The molecule has 3 nitrogen and oxygen atoms in total. The smallest absolute Gasteiger partial charge is 0.370 e. The standard InChI is InChI=1S/C11H12F4N2O/c1-17-9(5-10(16)18)7-3-2-6(12)4-8(7)11(13,14)15/h2-4,9,17H,5H2,1H3,(H2,16,18). The van der Waals surface area contributed by atoms with Gasteiger partial charge in [0.1, 0.15) is 5.82 Å². The number of hydrogen-bond acceptors (Lipinski definition) is 2. The largest absolute Gasteiger partial charge is 0.416 e. The quantitative estimate of drug-likeness (QED) is 0.817. The van der Waals surface area contributed by atoms with E-state index >= 15 is 0 Å². The third-order valence-electron chi connectivity index (χ3n) is 2.45. The number of carbonyl (C=O) groups excluding carboxylic acids is 1. The number of nitrogens with one attached hydrogen (secondary N) is 1. The average Bonchev–Trinajstić information content (AvgIpc) is 2.24. The third-order valence-corrected chi connectivity index (χ3v) is 2.45. The van der Waals surface area contributed by atoms with Gasteiger partial charge in [-0.2, -0.15) is 13.2 Å². The second-order valence-corrected chi connectivity index (χ2v) is 3.74. The van der Waals surface area contributed by atoms with Crippen molar-refractivity contribution in [1.29, 1.82) is 0 Å². The Kier molecular flexibility index (Phi) is 4.28. The number of primary amides is 1. The number of benzene rings is 1. The molecule has 0 radical (unpaired) electrons. The summed E-state index contributed by atoms with van der Waals surface area (Å²) in [4.78, 5) is 10.8. The molecule has 0 spiro atoms. The van der Waals surface area contributed by atoms with Crippen molar-refractivity contribution < 1.29 is 22.4 Å². The maximum Gasteiger partial charge on any atom is 0.416 e. The normalized spacial score (nSPS) is 13.4. The van der Waals surface area contributed by atoms with Gasteiger partial charge in [0.15, 0.2) is 0 Å². The van der Waals surface area contributed by atoms with E-state index in [1.165, 1.54) is 7.05 Å². The van der Waals surface area contributed by atoms with Crippen LogP contribution in [0.5, 0.6) is 0 Å². The number of carbonyl (C=O) groups is 1. The van der Waals surface area contributed by atoms with Crippen LogP contribution in [0.15, 0.2) is 18.2 Å². The fourth-order valence-corrected chi connectivity index (χ4v) is 1.65. The zero-order chi connectivity index (χ0) is 13.9. The Morgan fingerprint density at radius 1 is 1.44 bits per heavy atom. The van der Waals surface area contributed by atoms with E-state index in [0.29, 0.717) is 6.07 Å². The molecule has 0 saturated heterocycles. The molecule has 3 N–H and O–H groups in total. The number of rotatable bonds is 4. The lowest BCUT2D eigenvalue weighted by Gasteiger charge is -2.20. The first-order valence-corrected chi connectivity index (χ1v) is 5.08. The van der Waals surface area contributed by atoms with Gasteiger partial charge in [0, 0.05) is 12.5 Å². The Hall–Kier alpha value is -1.63. The van der Waals surface area contributed by atoms with E-state index in [2.05, 4.69) is 5.32 Å². The Labute approximate surface area is 101 Å². The maximum atomic E-state index is 12.9. The van der Waals surface area contributed by atoms with E-state index in [9.17, 15) is 22.4 Å². The minimum atomic E-state index is -4.69. The van der Waals surface area contributed by atoms with Gasteiger partial charge in [-0.3, -0.25) is 4.79 Å². The number of hydrogen-bond donors (Lipinski definition) is 2. The van der Waals surface area contributed by atoms with Crippen LogP contribution >= 0.6 is 0 Å². The van der Waals surface area contributed by atoms with Crippen molar-refractivity contribution in [3.05, 3.63) is 35.1 Å². The Bertz CT molecular complexity index is 445. The van der Waals surface area contributed by atoms with Gasteiger partial charge in [-0.05, 0) is 24.7 Å². The van der Waals surface area contributed by atoms with E-state index in [4.69, 9.17) is 5.73 Å². The van der Waals surface area contributed by atoms with Gasteiger partial charge in [-0.25, -0.2) is 4.39 Å². The number of nitrogens with two attached hydrogens (primary N) is 1. The molecule has 0 aliphatic carbocycles. The summed E-state index contributed by atoms with van der Waals surface area (Å²) < 4.78 is 51.2. The number of alkyl halides is 3. The van der Waals surface area contributed by atoms with Crippen LogP contribution < -0.4 is 11.1 Å². The van der Waals surface area contributed by atoms with Gasteiger partial charge in [-0.15, -0.1) is 0 Å². The van der Waals surface area contributed by atoms with Crippen LogP contribution in [-0.2, 0) is 11.0 Å². The first-order chi connectivity index (χ1) is 8.25. The van der Waals surface area contributed by atoms with Crippen molar-refractivity contribution in [3.63, 3.8) is 0 Å². The molecule has 0 aromatic heterocycles. The molecular formula is C11H12F4N2O. The van der Waals surface area contributed by atoms with Crippen molar-refractivity contribution in [2.75, 3.05) is 7.05 Å². The molecule has 1 atom stereocenters. The van der Waals surface area contributed by atoms with Gasteiger partial charge < -0.3 is 11.1 Å². The lowest BCUT2D eigenvalue weighted by Crippen LogP contribution is -2.26. The van der Waals surface area contributed by atoms with Crippen molar-refractivity contribution in [2.45, 2.75) is 18.6 Å². The Morgan fingerprint density at radius 2 is 2.06 bits per heavy atom. The predicted octanol–water partition coefficient (Wildman–Crippen LogP) is 1.98. The molecule has 0 bridgehead atoms. The molecule has 0 aliphatic rings. The second kappa shape index (κ2) is 5.34. The fraction of sp³-hybridized carbons (Fsp3) is 0.364. The Balaban J connectivity index is 3.25. The van der Waals surface area contributed by atoms with Crippen molar-refractivity contribution in [1.82, 2.24) is 5.32 Å². The highest BCUT2D eigenvalue weighted by atomic mass is 19.4. The summed E-state index contributed by atoms with van der Waals surface area (Å²) in [5, 5.41) is 2.56. The summed E-state index contributed by atoms with van der Waals surface area (Å²) in [6.07, 6.45) is -4.99. The van der Waals surface area contributed by atoms with E-state index in [0.717, 1.165) is 12.1 Å². The van der Waals surface area contributed by atoms with E-state index in [1.807, 2.05) is 0 Å². The fourth-order valence-electron chi connectivity index (χ4n) is 1.65. The van der Waals surface area contributed by atoms with Crippen molar-refractivity contribution in [3.8, 4) is 0 Å². The van der Waals surface area contributed by atoms with Crippen LogP contribution in [0, 0.1) is 5.82 Å². The van der Waals surface area contributed by atoms with Crippen LogP contribution in [0.25, 0.3) is 0 Å². The molecule has 0 heterocycles. The van der Waals surface area contributed by atoms with Crippen molar-refractivity contribution in [2.24, 2.45) is 5.73 Å². The predicted molar refractivity (Wildman–Crippen MR) is 57.0 cm³/mol. The molecule has 1 rings (SSSR count). The topological polar surface area (TPSA) is 55.1 Å². The summed E-state index contributed by atoms with van der Waals surface area (Å²) in [5.74, 6) is -1.73. The molecule has 1 aromatic carbocycles. The molecule has 1 amide bonds. The van der Waals surface area contributed by atoms with Crippen molar-refractivity contribution >= 4 is 5.91 Å². The molecule has 1 aromatic rings. The molecule has 0 aliphatic heterocycles. The molecule has 0 fully saturated rings. The van der Waals surface area contributed by atoms with Gasteiger partial charge in [0.05, 0.1) is 5.56 Å². The third kappa shape index (κ3) is 3.43. The maximum absolute atomic E-state index is 12.9. The van der Waals surface area contributed by atoms with E-state index in [-0.39, 0.29) is 12.0 Å². The van der Waals surface area contributed by atoms with E-state index < -0.39 is 29.5 Å². The van der Waals surface area contributed by atoms with Gasteiger partial charge in [0.2, 0.25) is 5.91 Å². The molecular weight excluding hydrogens is 252 g/mol. The van der Waals surface area contributed by atoms with Crippen LogP contribution in [0.2, 0.25) is 0 Å². The lowest BCUT2D eigenvalue weighted by atomic mass is 9.97. The van der Waals surface area contributed by atoms with E-state index in [1.54, 1.807) is 0 Å². The summed E-state index contributed by atoms with van der Waals surface area (Å²) in [5.41, 5.74) is 3.65. The zero-order valence-electron chi connectivity index (χ0n) is 9.51. The molecule has 18 heavy (non-hydrogen) atoms. The highest BCUT2D eigenvalue weighted by Crippen LogP contribution is 2.35. The van der Waals surface area contributed by atoms with Gasteiger partial charge in [-0.1, -0.05) is 6.07 Å². The minimum Gasteiger partial charge on any atom is -0.370 e. The molecule has 1 unspecified atom stereocenters. The van der Waals surface area contributed by atoms with Gasteiger partial charge >= 0.3 is 6.18 Å². The first-order valence-electron chi connectivity index (χ1n) is 5.08. The van der Waals surface area contributed by atoms with Crippen LogP contribution in [0.3, 0.4) is 0 Å². The number of amides is 1. The Morgan fingerprint density at radius 3 is 2.50 bits per heavy atom. The lowest BCUT2D eigenvalue weighted by molar-refractivity contribution is -0.139. The second-order valence-electron chi connectivity index (χ2n) is 3.74. The monoisotopic (exact) mass is 264 g/mol. The zero-order valence-corrected chi connectivity index (χ0v) is 9.51. The summed E-state index contributed by atoms with van der Waals surface area (Å²) in [6.45, 7) is 0. The minimum absolute atomic E-state index is 0.204. The summed E-state index contributed by atoms with van der Waals surface area (Å²) in [6, 6.07) is 1.42. The molecule has 7 heteroatoms. The van der Waals surface area contributed by atoms with Crippen LogP contribution in [-0.4, -0.2) is 13.0 Å². The molecule has 100 valence electrons. The van der Waals surface area contributed by atoms with Crippen LogP contribution in [0.1, 0.15) is 23.6 Å². The average molecular weight is 264 g/mol. The highest BCUT2D eigenvalue weighted by molar-refractivity contribution is 5.74. The highest BCUT2D eigenvalue weighted by Gasteiger charge is 2.35. The van der Waals surface area contributed by atoms with Crippen LogP contribution in [0.4, 0.5) is 17.6 Å². The summed E-state index contributed by atoms with van der Waals surface area (Å²) >= 11 is 0. The SMILES string of the molecule is CNC(CC(N)=O)c1ccc(F)cc1C(F)(F)F. The summed E-state index contributed by atoms with van der Waals surface area (Å²) in [7, 11) is 1.40. The molecule has 0 saturated carbocycles. The number of halogens is 4.